The Labute approximate surface area is 139 Å². The molecule has 132 valence electrons. The Balaban J connectivity index is 3.75. The van der Waals surface area contributed by atoms with Crippen LogP contribution >= 0.6 is 0 Å². The number of hydrogen-bond donors (Lipinski definition) is 0. The van der Waals surface area contributed by atoms with E-state index in [1.54, 1.807) is 0 Å². The van der Waals surface area contributed by atoms with Crippen molar-refractivity contribution in [3.8, 4) is 0 Å². The molecule has 0 N–H and O–H groups in total. The SMILES string of the molecule is CCCCCCCCCCCCC(CC)(CC)C(=O)OCC. The summed E-state index contributed by atoms with van der Waals surface area (Å²) in [6.07, 6.45) is 16.2. The van der Waals surface area contributed by atoms with Crippen LogP contribution in [0, 0.1) is 5.41 Å². The Hall–Kier alpha value is -0.530. The Morgan fingerprint density at radius 2 is 1.18 bits per heavy atom. The predicted octanol–water partition coefficient (Wildman–Crippen LogP) is 6.67. The molecule has 0 saturated heterocycles. The fraction of sp³-hybridized carbons (Fsp3) is 0.950. The van der Waals surface area contributed by atoms with Crippen molar-refractivity contribution in [3.63, 3.8) is 0 Å². The van der Waals surface area contributed by atoms with E-state index in [1.165, 1.54) is 57.8 Å². The standard InChI is InChI=1S/C20H40O2/c1-5-9-10-11-12-13-14-15-16-17-18-20(6-2,7-3)19(21)22-8-4/h5-18H2,1-4H3. The Morgan fingerprint density at radius 1 is 0.727 bits per heavy atom. The minimum atomic E-state index is -0.226. The third kappa shape index (κ3) is 8.80. The lowest BCUT2D eigenvalue weighted by molar-refractivity contribution is -0.156. The van der Waals surface area contributed by atoms with Gasteiger partial charge in [0.05, 0.1) is 12.0 Å². The maximum Gasteiger partial charge on any atom is 0.312 e. The van der Waals surface area contributed by atoms with E-state index in [4.69, 9.17) is 4.74 Å². The summed E-state index contributed by atoms with van der Waals surface area (Å²) in [5, 5.41) is 0. The fourth-order valence-electron chi connectivity index (χ4n) is 3.23. The minimum absolute atomic E-state index is 0.0240. The molecule has 0 unspecified atom stereocenters. The first kappa shape index (κ1) is 21.5. The van der Waals surface area contributed by atoms with E-state index in [0.29, 0.717) is 6.61 Å². The summed E-state index contributed by atoms with van der Waals surface area (Å²) < 4.78 is 5.29. The molecule has 0 atom stereocenters. The van der Waals surface area contributed by atoms with Crippen LogP contribution in [0.4, 0.5) is 0 Å². The van der Waals surface area contributed by atoms with Crippen LogP contribution in [0.1, 0.15) is 111 Å². The molecule has 0 fully saturated rings. The second-order valence-corrected chi connectivity index (χ2v) is 6.64. The van der Waals surface area contributed by atoms with Gasteiger partial charge < -0.3 is 4.74 Å². The van der Waals surface area contributed by atoms with Crippen LogP contribution in [0.15, 0.2) is 0 Å². The summed E-state index contributed by atoms with van der Waals surface area (Å²) in [4.78, 5) is 12.2. The lowest BCUT2D eigenvalue weighted by Gasteiger charge is -2.29. The van der Waals surface area contributed by atoms with E-state index < -0.39 is 0 Å². The van der Waals surface area contributed by atoms with Gasteiger partial charge in [0.15, 0.2) is 0 Å². The zero-order chi connectivity index (χ0) is 16.7. The largest absolute Gasteiger partial charge is 0.466 e. The monoisotopic (exact) mass is 312 g/mol. The van der Waals surface area contributed by atoms with Gasteiger partial charge in [0.25, 0.3) is 0 Å². The number of rotatable bonds is 15. The molecule has 0 radical (unpaired) electrons. The molecule has 0 heterocycles. The molecule has 2 heteroatoms. The fourth-order valence-corrected chi connectivity index (χ4v) is 3.23. The molecule has 22 heavy (non-hydrogen) atoms. The van der Waals surface area contributed by atoms with Crippen molar-refractivity contribution >= 4 is 5.97 Å². The van der Waals surface area contributed by atoms with Crippen LogP contribution < -0.4 is 0 Å². The molecule has 0 aromatic carbocycles. The first-order valence-electron chi connectivity index (χ1n) is 9.84. The molecule has 0 aliphatic rings. The third-order valence-corrected chi connectivity index (χ3v) is 5.07. The molecular formula is C20H40O2. The Bertz CT molecular complexity index is 256. The van der Waals surface area contributed by atoms with Crippen molar-refractivity contribution in [1.82, 2.24) is 0 Å². The van der Waals surface area contributed by atoms with Gasteiger partial charge in [-0.25, -0.2) is 0 Å². The molecule has 0 amide bonds. The molecule has 0 spiro atoms. The highest BCUT2D eigenvalue weighted by Crippen LogP contribution is 2.34. The van der Waals surface area contributed by atoms with E-state index in [0.717, 1.165) is 25.7 Å². The van der Waals surface area contributed by atoms with Crippen LogP contribution in [-0.4, -0.2) is 12.6 Å². The summed E-state index contributed by atoms with van der Waals surface area (Å²) in [7, 11) is 0. The quantitative estimate of drug-likeness (QED) is 0.249. The van der Waals surface area contributed by atoms with Gasteiger partial charge in [-0.05, 0) is 26.2 Å². The van der Waals surface area contributed by atoms with Crippen molar-refractivity contribution in [2.45, 2.75) is 111 Å². The van der Waals surface area contributed by atoms with E-state index in [-0.39, 0.29) is 11.4 Å². The maximum absolute atomic E-state index is 12.2. The van der Waals surface area contributed by atoms with Crippen LogP contribution in [0.3, 0.4) is 0 Å². The topological polar surface area (TPSA) is 26.3 Å². The molecule has 0 rings (SSSR count). The van der Waals surface area contributed by atoms with Gasteiger partial charge in [0, 0.05) is 0 Å². The first-order valence-corrected chi connectivity index (χ1v) is 9.84. The second kappa shape index (κ2) is 14.1. The average molecular weight is 313 g/mol. The molecular weight excluding hydrogens is 272 g/mol. The number of carbonyl (C=O) groups excluding carboxylic acids is 1. The van der Waals surface area contributed by atoms with Gasteiger partial charge in [-0.15, -0.1) is 0 Å². The minimum Gasteiger partial charge on any atom is -0.466 e. The van der Waals surface area contributed by atoms with Gasteiger partial charge in [-0.3, -0.25) is 4.79 Å². The summed E-state index contributed by atoms with van der Waals surface area (Å²) in [5.41, 5.74) is -0.226. The molecule has 0 aliphatic heterocycles. The third-order valence-electron chi connectivity index (χ3n) is 5.07. The van der Waals surface area contributed by atoms with Crippen molar-refractivity contribution in [2.24, 2.45) is 5.41 Å². The highest BCUT2D eigenvalue weighted by Gasteiger charge is 2.35. The first-order chi connectivity index (χ1) is 10.7. The van der Waals surface area contributed by atoms with E-state index in [1.807, 2.05) is 6.92 Å². The van der Waals surface area contributed by atoms with Crippen molar-refractivity contribution in [1.29, 1.82) is 0 Å². The lowest BCUT2D eigenvalue weighted by atomic mass is 9.77. The highest BCUT2D eigenvalue weighted by molar-refractivity contribution is 5.76. The van der Waals surface area contributed by atoms with Crippen LogP contribution in [0.25, 0.3) is 0 Å². The predicted molar refractivity (Wildman–Crippen MR) is 96.1 cm³/mol. The van der Waals surface area contributed by atoms with Gasteiger partial charge >= 0.3 is 5.97 Å². The Morgan fingerprint density at radius 3 is 1.59 bits per heavy atom. The number of hydrogen-bond acceptors (Lipinski definition) is 2. The van der Waals surface area contributed by atoms with Gasteiger partial charge in [0.2, 0.25) is 0 Å². The number of ether oxygens (including phenoxy) is 1. The average Bonchev–Trinajstić information content (AvgIpc) is 2.53. The Kier molecular flexibility index (Phi) is 13.7. The summed E-state index contributed by atoms with van der Waals surface area (Å²) in [6, 6.07) is 0. The zero-order valence-electron chi connectivity index (χ0n) is 15.7. The van der Waals surface area contributed by atoms with Crippen molar-refractivity contribution in [3.05, 3.63) is 0 Å². The van der Waals surface area contributed by atoms with Crippen molar-refractivity contribution < 1.29 is 9.53 Å². The van der Waals surface area contributed by atoms with Gasteiger partial charge in [0.1, 0.15) is 0 Å². The number of esters is 1. The molecule has 0 aromatic rings. The van der Waals surface area contributed by atoms with Gasteiger partial charge in [-0.2, -0.15) is 0 Å². The molecule has 2 nitrogen and oxygen atoms in total. The smallest absolute Gasteiger partial charge is 0.312 e. The molecule has 0 bridgehead atoms. The maximum atomic E-state index is 12.2. The van der Waals surface area contributed by atoms with Crippen LogP contribution in [0.2, 0.25) is 0 Å². The summed E-state index contributed by atoms with van der Waals surface area (Å²) >= 11 is 0. The van der Waals surface area contributed by atoms with Crippen molar-refractivity contribution in [2.75, 3.05) is 6.61 Å². The van der Waals surface area contributed by atoms with E-state index in [2.05, 4.69) is 20.8 Å². The number of carbonyl (C=O) groups is 1. The van der Waals surface area contributed by atoms with Gasteiger partial charge in [-0.1, -0.05) is 85.0 Å². The van der Waals surface area contributed by atoms with Crippen LogP contribution in [-0.2, 0) is 9.53 Å². The van der Waals surface area contributed by atoms with E-state index >= 15 is 0 Å². The summed E-state index contributed by atoms with van der Waals surface area (Å²) in [5.74, 6) is 0.0240. The zero-order valence-corrected chi connectivity index (χ0v) is 15.7. The molecule has 0 aromatic heterocycles. The highest BCUT2D eigenvalue weighted by atomic mass is 16.5. The van der Waals surface area contributed by atoms with E-state index in [9.17, 15) is 4.79 Å². The second-order valence-electron chi connectivity index (χ2n) is 6.64. The molecule has 0 aliphatic carbocycles. The summed E-state index contributed by atoms with van der Waals surface area (Å²) in [6.45, 7) is 8.91. The van der Waals surface area contributed by atoms with Crippen LogP contribution in [0.5, 0.6) is 0 Å². The molecule has 0 saturated carbocycles. The normalized spacial score (nSPS) is 11.6. The lowest BCUT2D eigenvalue weighted by Crippen LogP contribution is -2.32. The number of unbranched alkanes of at least 4 members (excludes halogenated alkanes) is 9.